The van der Waals surface area contributed by atoms with Crippen molar-refractivity contribution in [2.45, 2.75) is 26.7 Å². The third-order valence-corrected chi connectivity index (χ3v) is 4.50. The third kappa shape index (κ3) is 2.90. The molecule has 0 saturated carbocycles. The van der Waals surface area contributed by atoms with Gasteiger partial charge in [-0.25, -0.2) is 4.79 Å². The summed E-state index contributed by atoms with van der Waals surface area (Å²) in [7, 11) is 1.20. The smallest absolute Gasteiger partial charge is 0.437 e. The van der Waals surface area contributed by atoms with Gasteiger partial charge in [-0.3, -0.25) is 9.59 Å². The quantitative estimate of drug-likeness (QED) is 0.610. The molecule has 0 amide bonds. The van der Waals surface area contributed by atoms with E-state index >= 15 is 0 Å². The molecule has 0 atom stereocenters. The van der Waals surface area contributed by atoms with Crippen LogP contribution in [0.5, 0.6) is 5.75 Å². The first-order chi connectivity index (χ1) is 12.3. The summed E-state index contributed by atoms with van der Waals surface area (Å²) >= 11 is 0. The lowest BCUT2D eigenvalue weighted by atomic mass is 9.90. The first-order valence-corrected chi connectivity index (χ1v) is 8.31. The number of ether oxygens (including phenoxy) is 2. The Morgan fingerprint density at radius 2 is 1.73 bits per heavy atom. The summed E-state index contributed by atoms with van der Waals surface area (Å²) in [6, 6.07) is 10.3. The molecule has 0 aliphatic heterocycles. The van der Waals surface area contributed by atoms with E-state index in [-0.39, 0.29) is 29.2 Å². The number of carbonyl (C=O) groups excluding carboxylic acids is 3. The normalized spacial score (nSPS) is 13.9. The van der Waals surface area contributed by atoms with Crippen LogP contribution in [0.2, 0.25) is 0 Å². The molecule has 5 heteroatoms. The van der Waals surface area contributed by atoms with Crippen LogP contribution in [0.1, 0.15) is 57.2 Å². The zero-order chi connectivity index (χ0) is 19.0. The Bertz CT molecular complexity index is 911. The van der Waals surface area contributed by atoms with Crippen LogP contribution < -0.4 is 4.74 Å². The Kier molecular flexibility index (Phi) is 4.64. The van der Waals surface area contributed by atoms with E-state index in [0.29, 0.717) is 16.7 Å². The van der Waals surface area contributed by atoms with Crippen molar-refractivity contribution in [3.63, 3.8) is 0 Å². The number of carbonyl (C=O) groups is 3. The second-order valence-electron chi connectivity index (χ2n) is 6.50. The number of benzene rings is 2. The zero-order valence-corrected chi connectivity index (χ0v) is 15.1. The molecule has 3 rings (SSSR count). The van der Waals surface area contributed by atoms with Gasteiger partial charge in [0, 0.05) is 16.7 Å². The van der Waals surface area contributed by atoms with Gasteiger partial charge in [-0.15, -0.1) is 0 Å². The van der Waals surface area contributed by atoms with Crippen LogP contribution in [0.4, 0.5) is 4.79 Å². The number of rotatable bonds is 3. The molecule has 0 saturated heterocycles. The van der Waals surface area contributed by atoms with Crippen LogP contribution in [0, 0.1) is 12.8 Å². The van der Waals surface area contributed by atoms with Gasteiger partial charge in [0.05, 0.1) is 7.11 Å². The van der Waals surface area contributed by atoms with Crippen molar-refractivity contribution in [2.24, 2.45) is 0 Å². The molecule has 1 radical (unpaired) electrons. The number of methoxy groups -OCH3 is 1. The lowest BCUT2D eigenvalue weighted by Crippen LogP contribution is -2.18. The van der Waals surface area contributed by atoms with Gasteiger partial charge in [-0.1, -0.05) is 44.2 Å². The van der Waals surface area contributed by atoms with Crippen LogP contribution in [0.25, 0.3) is 0 Å². The summed E-state index contributed by atoms with van der Waals surface area (Å²) in [6.45, 7) is 5.78. The molecule has 0 spiro atoms. The Morgan fingerprint density at radius 1 is 1.00 bits per heavy atom. The highest BCUT2D eigenvalue weighted by Gasteiger charge is 2.43. The summed E-state index contributed by atoms with van der Waals surface area (Å²) in [5.41, 5.74) is 2.74. The standard InChI is InChI=1S/C21H19O5/c1-11(2)13-8-9-14(16(10-13)26-21(24)25-4)18-19(22)15-7-5-6-12(3)17(15)20(18)23/h5-11H,1-4H3. The largest absolute Gasteiger partial charge is 0.513 e. The van der Waals surface area contributed by atoms with Gasteiger partial charge in [0.15, 0.2) is 11.6 Å². The fraction of sp³-hybridized carbons (Fsp3) is 0.238. The number of hydrogen-bond donors (Lipinski definition) is 0. The molecule has 0 N–H and O–H groups in total. The van der Waals surface area contributed by atoms with Crippen molar-refractivity contribution in [3.05, 3.63) is 70.1 Å². The lowest BCUT2D eigenvalue weighted by Gasteiger charge is -2.15. The van der Waals surface area contributed by atoms with E-state index in [2.05, 4.69) is 4.74 Å². The lowest BCUT2D eigenvalue weighted by molar-refractivity contribution is 0.0953. The van der Waals surface area contributed by atoms with Gasteiger partial charge >= 0.3 is 6.16 Å². The SMILES string of the molecule is COC(=O)Oc1cc(C(C)C)ccc1[C]1C(=O)c2cccc(C)c2C1=O. The minimum atomic E-state index is -0.903. The Morgan fingerprint density at radius 3 is 2.35 bits per heavy atom. The van der Waals surface area contributed by atoms with Crippen molar-refractivity contribution in [1.82, 2.24) is 0 Å². The molecule has 0 unspecified atom stereocenters. The maximum atomic E-state index is 12.9. The van der Waals surface area contributed by atoms with Crippen molar-refractivity contribution in [2.75, 3.05) is 7.11 Å². The van der Waals surface area contributed by atoms with Crippen LogP contribution in [0.3, 0.4) is 0 Å². The van der Waals surface area contributed by atoms with Crippen molar-refractivity contribution in [3.8, 4) is 5.75 Å². The molecule has 0 bridgehead atoms. The van der Waals surface area contributed by atoms with Gasteiger partial charge < -0.3 is 9.47 Å². The molecule has 26 heavy (non-hydrogen) atoms. The van der Waals surface area contributed by atoms with E-state index in [1.807, 2.05) is 19.9 Å². The fourth-order valence-electron chi connectivity index (χ4n) is 3.09. The number of Topliss-reactive ketones (excluding diaryl/α,β-unsaturated/α-hetero) is 2. The van der Waals surface area contributed by atoms with Crippen molar-refractivity contribution >= 4 is 17.7 Å². The monoisotopic (exact) mass is 351 g/mol. The minimum absolute atomic E-state index is 0.0171. The van der Waals surface area contributed by atoms with E-state index in [4.69, 9.17) is 4.74 Å². The second kappa shape index (κ2) is 6.75. The van der Waals surface area contributed by atoms with Gasteiger partial charge in [0.25, 0.3) is 0 Å². The average molecular weight is 351 g/mol. The molecule has 5 nitrogen and oxygen atoms in total. The van der Waals surface area contributed by atoms with E-state index < -0.39 is 6.16 Å². The number of hydrogen-bond acceptors (Lipinski definition) is 5. The third-order valence-electron chi connectivity index (χ3n) is 4.50. The van der Waals surface area contributed by atoms with Gasteiger partial charge in [-0.05, 0) is 30.0 Å². The average Bonchev–Trinajstić information content (AvgIpc) is 2.87. The molecule has 1 aliphatic carbocycles. The molecule has 2 aromatic rings. The maximum absolute atomic E-state index is 12.9. The summed E-state index contributed by atoms with van der Waals surface area (Å²) < 4.78 is 9.80. The molecular weight excluding hydrogens is 332 g/mol. The zero-order valence-electron chi connectivity index (χ0n) is 15.1. The highest BCUT2D eigenvalue weighted by molar-refractivity contribution is 6.39. The maximum Gasteiger partial charge on any atom is 0.513 e. The van der Waals surface area contributed by atoms with Crippen LogP contribution in [0.15, 0.2) is 36.4 Å². The van der Waals surface area contributed by atoms with E-state index in [1.165, 1.54) is 7.11 Å². The Hall–Kier alpha value is -2.95. The van der Waals surface area contributed by atoms with Gasteiger partial charge in [0.1, 0.15) is 11.7 Å². The van der Waals surface area contributed by atoms with Crippen LogP contribution in [-0.2, 0) is 4.74 Å². The molecule has 0 aromatic heterocycles. The molecule has 0 fully saturated rings. The Balaban J connectivity index is 2.12. The second-order valence-corrected chi connectivity index (χ2v) is 6.50. The Labute approximate surface area is 151 Å². The van der Waals surface area contributed by atoms with E-state index in [1.54, 1.807) is 37.3 Å². The molecule has 133 valence electrons. The van der Waals surface area contributed by atoms with Gasteiger partial charge in [-0.2, -0.15) is 0 Å². The van der Waals surface area contributed by atoms with E-state index in [0.717, 1.165) is 11.1 Å². The summed E-state index contributed by atoms with van der Waals surface area (Å²) in [4.78, 5) is 37.4. The van der Waals surface area contributed by atoms with Crippen LogP contribution >= 0.6 is 0 Å². The fourth-order valence-corrected chi connectivity index (χ4v) is 3.09. The summed E-state index contributed by atoms with van der Waals surface area (Å²) in [6.07, 6.45) is -0.903. The summed E-state index contributed by atoms with van der Waals surface area (Å²) in [5, 5.41) is 0. The highest BCUT2D eigenvalue weighted by Crippen LogP contribution is 2.39. The van der Waals surface area contributed by atoms with Crippen molar-refractivity contribution in [1.29, 1.82) is 0 Å². The molecular formula is C21H19O5. The topological polar surface area (TPSA) is 69.7 Å². The number of ketones is 2. The predicted molar refractivity (Wildman–Crippen MR) is 95.7 cm³/mol. The number of fused-ring (bicyclic) bond motifs is 1. The first-order valence-electron chi connectivity index (χ1n) is 8.31. The van der Waals surface area contributed by atoms with E-state index in [9.17, 15) is 14.4 Å². The first kappa shape index (κ1) is 17.9. The number of aryl methyl sites for hydroxylation is 1. The molecule has 1 aliphatic rings. The van der Waals surface area contributed by atoms with Crippen LogP contribution in [-0.4, -0.2) is 24.8 Å². The minimum Gasteiger partial charge on any atom is -0.437 e. The molecule has 0 heterocycles. The predicted octanol–water partition coefficient (Wildman–Crippen LogP) is 4.27. The van der Waals surface area contributed by atoms with Gasteiger partial charge in [0.2, 0.25) is 0 Å². The molecule has 2 aromatic carbocycles. The highest BCUT2D eigenvalue weighted by atomic mass is 16.7. The summed E-state index contributed by atoms with van der Waals surface area (Å²) in [5.74, 6) is -0.368. The van der Waals surface area contributed by atoms with Crippen molar-refractivity contribution < 1.29 is 23.9 Å².